The Morgan fingerprint density at radius 2 is 1.10 bits per heavy atom. The molecule has 30 heavy (non-hydrogen) atoms. The number of rotatable bonds is 6. The lowest BCUT2D eigenvalue weighted by molar-refractivity contribution is 0.101. The van der Waals surface area contributed by atoms with Crippen molar-refractivity contribution in [2.75, 3.05) is 10.6 Å². The van der Waals surface area contributed by atoms with Crippen LogP contribution in [0.25, 0.3) is 0 Å². The lowest BCUT2D eigenvalue weighted by Crippen LogP contribution is -2.16. The largest absolute Gasteiger partial charge is 0.322 e. The third-order valence-corrected chi connectivity index (χ3v) is 5.05. The zero-order chi connectivity index (χ0) is 21.7. The number of nitrogens with one attached hydrogen (secondary N) is 2. The normalized spacial score (nSPS) is 10.9. The number of para-hydroxylation sites is 1. The summed E-state index contributed by atoms with van der Waals surface area (Å²) in [6.45, 7) is 8.50. The van der Waals surface area contributed by atoms with Crippen LogP contribution in [0.3, 0.4) is 0 Å². The summed E-state index contributed by atoms with van der Waals surface area (Å²) < 4.78 is 0. The molecule has 3 aromatic rings. The van der Waals surface area contributed by atoms with E-state index in [1.807, 2.05) is 24.3 Å². The second kappa shape index (κ2) is 9.40. The third-order valence-electron chi connectivity index (χ3n) is 5.05. The second-order valence-corrected chi connectivity index (χ2v) is 7.97. The highest BCUT2D eigenvalue weighted by molar-refractivity contribution is 6.06. The van der Waals surface area contributed by atoms with E-state index < -0.39 is 0 Å². The van der Waals surface area contributed by atoms with Gasteiger partial charge in [0.05, 0.1) is 0 Å². The van der Waals surface area contributed by atoms with Crippen molar-refractivity contribution in [1.82, 2.24) is 0 Å². The maximum atomic E-state index is 12.9. The molecule has 4 heteroatoms. The fourth-order valence-corrected chi connectivity index (χ4v) is 3.38. The summed E-state index contributed by atoms with van der Waals surface area (Å²) in [5, 5.41) is 5.97. The van der Waals surface area contributed by atoms with Crippen LogP contribution >= 0.6 is 0 Å². The highest BCUT2D eigenvalue weighted by atomic mass is 16.2. The minimum Gasteiger partial charge on any atom is -0.322 e. The summed E-state index contributed by atoms with van der Waals surface area (Å²) >= 11 is 0. The molecule has 154 valence electrons. The average Bonchev–Trinajstić information content (AvgIpc) is 2.74. The summed E-state index contributed by atoms with van der Waals surface area (Å²) in [6, 6.07) is 22.1. The zero-order valence-electron chi connectivity index (χ0n) is 17.9. The first-order chi connectivity index (χ1) is 14.4. The van der Waals surface area contributed by atoms with E-state index in [1.165, 1.54) is 0 Å². The van der Waals surface area contributed by atoms with E-state index in [9.17, 15) is 9.59 Å². The van der Waals surface area contributed by atoms with Gasteiger partial charge in [0.2, 0.25) is 0 Å². The van der Waals surface area contributed by atoms with E-state index in [0.717, 1.165) is 16.8 Å². The number of carbonyl (C=O) groups excluding carboxylic acids is 2. The Morgan fingerprint density at radius 3 is 1.63 bits per heavy atom. The Balaban J connectivity index is 1.77. The maximum Gasteiger partial charge on any atom is 0.255 e. The van der Waals surface area contributed by atoms with Gasteiger partial charge in [-0.2, -0.15) is 0 Å². The topological polar surface area (TPSA) is 58.2 Å². The van der Waals surface area contributed by atoms with Gasteiger partial charge in [0.15, 0.2) is 0 Å². The molecular formula is C26H28N2O2. The monoisotopic (exact) mass is 400 g/mol. The van der Waals surface area contributed by atoms with Crippen molar-refractivity contribution >= 4 is 23.2 Å². The Morgan fingerprint density at radius 1 is 0.600 bits per heavy atom. The van der Waals surface area contributed by atoms with Crippen LogP contribution in [-0.4, -0.2) is 11.8 Å². The molecule has 0 fully saturated rings. The van der Waals surface area contributed by atoms with E-state index in [1.54, 1.807) is 36.4 Å². The van der Waals surface area contributed by atoms with Gasteiger partial charge in [0, 0.05) is 22.5 Å². The maximum absolute atomic E-state index is 12.9. The van der Waals surface area contributed by atoms with Gasteiger partial charge in [-0.1, -0.05) is 64.1 Å². The van der Waals surface area contributed by atoms with Gasteiger partial charge in [-0.25, -0.2) is 0 Å². The van der Waals surface area contributed by atoms with Crippen LogP contribution in [0.1, 0.15) is 71.4 Å². The average molecular weight is 401 g/mol. The molecule has 0 radical (unpaired) electrons. The fraction of sp³-hybridized carbons (Fsp3) is 0.231. The van der Waals surface area contributed by atoms with Gasteiger partial charge >= 0.3 is 0 Å². The molecule has 2 N–H and O–H groups in total. The molecule has 0 aliphatic rings. The van der Waals surface area contributed by atoms with Crippen molar-refractivity contribution in [3.05, 3.63) is 95.1 Å². The fourth-order valence-electron chi connectivity index (χ4n) is 3.38. The van der Waals surface area contributed by atoms with Gasteiger partial charge in [0.25, 0.3) is 11.8 Å². The Kier molecular flexibility index (Phi) is 6.68. The molecule has 3 aromatic carbocycles. The third kappa shape index (κ3) is 4.95. The molecule has 0 bridgehead atoms. The van der Waals surface area contributed by atoms with Crippen LogP contribution in [0.15, 0.2) is 72.8 Å². The second-order valence-electron chi connectivity index (χ2n) is 7.97. The van der Waals surface area contributed by atoms with E-state index in [-0.39, 0.29) is 11.8 Å². The predicted molar refractivity (Wildman–Crippen MR) is 123 cm³/mol. The number of hydrogen-bond donors (Lipinski definition) is 2. The molecule has 4 nitrogen and oxygen atoms in total. The number of carbonyl (C=O) groups is 2. The van der Waals surface area contributed by atoms with Crippen LogP contribution in [0.5, 0.6) is 0 Å². The Labute approximate surface area is 178 Å². The molecular weight excluding hydrogens is 372 g/mol. The lowest BCUT2D eigenvalue weighted by atomic mass is 9.92. The highest BCUT2D eigenvalue weighted by Crippen LogP contribution is 2.32. The molecule has 0 heterocycles. The molecule has 0 spiro atoms. The molecule has 0 aliphatic carbocycles. The van der Waals surface area contributed by atoms with E-state index >= 15 is 0 Å². The molecule has 2 amide bonds. The van der Waals surface area contributed by atoms with Crippen molar-refractivity contribution in [3.63, 3.8) is 0 Å². The minimum absolute atomic E-state index is 0.161. The first kappa shape index (κ1) is 21.3. The van der Waals surface area contributed by atoms with Gasteiger partial charge < -0.3 is 10.6 Å². The minimum atomic E-state index is -0.180. The molecule has 0 atom stereocenters. The Bertz CT molecular complexity index is 996. The van der Waals surface area contributed by atoms with E-state index in [2.05, 4.69) is 50.5 Å². The quantitative estimate of drug-likeness (QED) is 0.500. The Hall–Kier alpha value is -3.40. The SMILES string of the molecule is CC(C)c1cccc(C(C)C)c1NC(=O)c1ccc(NC(=O)c2ccccc2)cc1. The van der Waals surface area contributed by atoms with Crippen molar-refractivity contribution in [1.29, 1.82) is 0 Å². The smallest absolute Gasteiger partial charge is 0.255 e. The van der Waals surface area contributed by atoms with Crippen molar-refractivity contribution in [2.24, 2.45) is 0 Å². The summed E-state index contributed by atoms with van der Waals surface area (Å²) in [6.07, 6.45) is 0. The number of benzene rings is 3. The first-order valence-electron chi connectivity index (χ1n) is 10.3. The zero-order valence-corrected chi connectivity index (χ0v) is 17.9. The van der Waals surface area contributed by atoms with Gasteiger partial charge in [-0.15, -0.1) is 0 Å². The highest BCUT2D eigenvalue weighted by Gasteiger charge is 2.17. The molecule has 0 saturated heterocycles. The summed E-state index contributed by atoms with van der Waals surface area (Å²) in [5.74, 6) is 0.260. The van der Waals surface area contributed by atoms with Crippen molar-refractivity contribution in [3.8, 4) is 0 Å². The van der Waals surface area contributed by atoms with Gasteiger partial charge in [0.1, 0.15) is 0 Å². The molecule has 0 unspecified atom stereocenters. The van der Waals surface area contributed by atoms with E-state index in [0.29, 0.717) is 28.7 Å². The summed E-state index contributed by atoms with van der Waals surface area (Å²) in [7, 11) is 0. The standard InChI is InChI=1S/C26H28N2O2/c1-17(2)22-11-8-12-23(18(3)4)24(22)28-26(30)20-13-15-21(16-14-20)27-25(29)19-9-6-5-7-10-19/h5-18H,1-4H3,(H,27,29)(H,28,30). The number of anilines is 2. The molecule has 0 aliphatic heterocycles. The van der Waals surface area contributed by atoms with E-state index in [4.69, 9.17) is 0 Å². The summed E-state index contributed by atoms with van der Waals surface area (Å²) in [5.41, 5.74) is 4.93. The molecule has 3 rings (SSSR count). The van der Waals surface area contributed by atoms with Crippen LogP contribution in [0.2, 0.25) is 0 Å². The first-order valence-corrected chi connectivity index (χ1v) is 10.3. The van der Waals surface area contributed by atoms with Crippen LogP contribution in [-0.2, 0) is 0 Å². The number of hydrogen-bond acceptors (Lipinski definition) is 2. The molecule has 0 aromatic heterocycles. The van der Waals surface area contributed by atoms with Crippen molar-refractivity contribution in [2.45, 2.75) is 39.5 Å². The van der Waals surface area contributed by atoms with Crippen molar-refractivity contribution < 1.29 is 9.59 Å². The van der Waals surface area contributed by atoms with Gasteiger partial charge in [-0.05, 0) is 59.4 Å². The van der Waals surface area contributed by atoms with Crippen LogP contribution in [0, 0.1) is 0 Å². The lowest BCUT2D eigenvalue weighted by Gasteiger charge is -2.20. The van der Waals surface area contributed by atoms with Gasteiger partial charge in [-0.3, -0.25) is 9.59 Å². The molecule has 0 saturated carbocycles. The van der Waals surface area contributed by atoms with Crippen LogP contribution < -0.4 is 10.6 Å². The predicted octanol–water partition coefficient (Wildman–Crippen LogP) is 6.44. The summed E-state index contributed by atoms with van der Waals surface area (Å²) in [4.78, 5) is 25.2. The number of amides is 2. The van der Waals surface area contributed by atoms with Crippen LogP contribution in [0.4, 0.5) is 11.4 Å².